The predicted molar refractivity (Wildman–Crippen MR) is 151 cm³/mol. The number of carboxylic acid groups (broad SMARTS) is 1. The molecule has 2 aromatic carbocycles. The van der Waals surface area contributed by atoms with Crippen LogP contribution in [0.25, 0.3) is 0 Å². The fraction of sp³-hybridized carbons (Fsp3) is 0.433. The SMILES string of the molecule is CC[C@]1(N)C[C@H](c2ncc(N3CCOCC3)c(Cc3cc(C(F)(F)F)cc(C(F)(F)F)c3)n2)c2cc(OC)ccc2N1C(=O)O. The van der Waals surface area contributed by atoms with Gasteiger partial charge in [0.15, 0.2) is 0 Å². The minimum atomic E-state index is -5.01. The van der Waals surface area contributed by atoms with Crippen LogP contribution in [0.4, 0.5) is 42.5 Å². The van der Waals surface area contributed by atoms with E-state index < -0.39 is 41.2 Å². The Morgan fingerprint density at radius 3 is 2.27 bits per heavy atom. The molecule has 45 heavy (non-hydrogen) atoms. The molecule has 1 aromatic heterocycles. The second-order valence-corrected chi connectivity index (χ2v) is 11.0. The Labute approximate surface area is 254 Å². The molecular weight excluding hydrogens is 608 g/mol. The zero-order valence-electron chi connectivity index (χ0n) is 24.4. The largest absolute Gasteiger partial charge is 0.497 e. The highest BCUT2D eigenvalue weighted by Gasteiger charge is 2.46. The lowest BCUT2D eigenvalue weighted by Crippen LogP contribution is -2.61. The average molecular weight is 640 g/mol. The van der Waals surface area contributed by atoms with E-state index in [-0.39, 0.29) is 42.4 Å². The first-order chi connectivity index (χ1) is 21.1. The summed E-state index contributed by atoms with van der Waals surface area (Å²) in [6, 6.07) is 6.26. The molecule has 1 amide bonds. The number of amides is 1. The van der Waals surface area contributed by atoms with Gasteiger partial charge >= 0.3 is 18.4 Å². The highest BCUT2D eigenvalue weighted by Crippen LogP contribution is 2.47. The standard InChI is InChI=1S/C30H31F6N5O4/c1-3-28(37)15-22(21-14-20(44-2)4-5-24(21)41(28)27(42)43)26-38-16-25(40-6-8-45-9-7-40)23(39-26)12-17-10-18(29(31,32)33)13-19(11-17)30(34,35)36/h4-5,10-11,13-14,16,22H,3,6-9,12,15,37H2,1-2H3,(H,42,43)/t22-,28+/m0/s1. The van der Waals surface area contributed by atoms with Crippen LogP contribution < -0.4 is 20.3 Å². The number of alkyl halides is 6. The smallest absolute Gasteiger partial charge is 0.416 e. The normalized spacial score (nSPS) is 20.6. The first kappa shape index (κ1) is 32.3. The fourth-order valence-corrected chi connectivity index (χ4v) is 5.87. The minimum Gasteiger partial charge on any atom is -0.497 e. The number of hydrogen-bond donors (Lipinski definition) is 2. The van der Waals surface area contributed by atoms with Gasteiger partial charge in [0.1, 0.15) is 17.2 Å². The fourth-order valence-electron chi connectivity index (χ4n) is 5.87. The molecule has 1 saturated heterocycles. The average Bonchev–Trinajstić information content (AvgIpc) is 2.99. The van der Waals surface area contributed by atoms with Crippen LogP contribution in [-0.4, -0.2) is 60.2 Å². The van der Waals surface area contributed by atoms with Crippen molar-refractivity contribution in [3.8, 4) is 5.75 Å². The topological polar surface area (TPSA) is 114 Å². The van der Waals surface area contributed by atoms with Crippen molar-refractivity contribution in [2.24, 2.45) is 5.73 Å². The monoisotopic (exact) mass is 639 g/mol. The lowest BCUT2D eigenvalue weighted by atomic mass is 9.80. The quantitative estimate of drug-likeness (QED) is 0.314. The molecule has 3 N–H and O–H groups in total. The summed E-state index contributed by atoms with van der Waals surface area (Å²) in [6.07, 6.45) is -9.88. The van der Waals surface area contributed by atoms with Gasteiger partial charge in [-0.1, -0.05) is 6.92 Å². The van der Waals surface area contributed by atoms with Gasteiger partial charge in [-0.3, -0.25) is 4.90 Å². The number of fused-ring (bicyclic) bond motifs is 1. The van der Waals surface area contributed by atoms with Crippen LogP contribution in [0.3, 0.4) is 0 Å². The summed E-state index contributed by atoms with van der Waals surface area (Å²) in [6.45, 7) is 3.27. The molecule has 3 heterocycles. The van der Waals surface area contributed by atoms with Crippen molar-refractivity contribution in [2.75, 3.05) is 43.2 Å². The van der Waals surface area contributed by atoms with Crippen molar-refractivity contribution >= 4 is 17.5 Å². The number of carbonyl (C=O) groups is 1. The number of aromatic nitrogens is 2. The van der Waals surface area contributed by atoms with Gasteiger partial charge in [-0.15, -0.1) is 0 Å². The Hall–Kier alpha value is -4.11. The van der Waals surface area contributed by atoms with Crippen LogP contribution in [0.2, 0.25) is 0 Å². The molecule has 0 saturated carbocycles. The lowest BCUT2D eigenvalue weighted by Gasteiger charge is -2.46. The highest BCUT2D eigenvalue weighted by molar-refractivity contribution is 5.90. The third kappa shape index (κ3) is 6.50. The first-order valence-corrected chi connectivity index (χ1v) is 14.1. The summed E-state index contributed by atoms with van der Waals surface area (Å²) < 4.78 is 92.8. The van der Waals surface area contributed by atoms with E-state index in [0.717, 1.165) is 4.90 Å². The zero-order chi connectivity index (χ0) is 32.7. The number of anilines is 2. The van der Waals surface area contributed by atoms with Gasteiger partial charge in [0, 0.05) is 25.4 Å². The number of benzene rings is 2. The Kier molecular flexibility index (Phi) is 8.61. The van der Waals surface area contributed by atoms with Crippen molar-refractivity contribution in [1.29, 1.82) is 0 Å². The maximum Gasteiger partial charge on any atom is 0.416 e. The third-order valence-electron chi connectivity index (χ3n) is 8.20. The Morgan fingerprint density at radius 1 is 1.07 bits per heavy atom. The number of ether oxygens (including phenoxy) is 2. The minimum absolute atomic E-state index is 0.0497. The van der Waals surface area contributed by atoms with Gasteiger partial charge in [0.2, 0.25) is 0 Å². The predicted octanol–water partition coefficient (Wildman–Crippen LogP) is 6.04. The summed E-state index contributed by atoms with van der Waals surface area (Å²) in [7, 11) is 1.45. The summed E-state index contributed by atoms with van der Waals surface area (Å²) in [4.78, 5) is 24.7. The number of rotatable bonds is 6. The number of nitrogens with zero attached hydrogens (tertiary/aromatic N) is 4. The Balaban J connectivity index is 1.67. The summed E-state index contributed by atoms with van der Waals surface area (Å²) in [5, 5.41) is 10.1. The van der Waals surface area contributed by atoms with Gasteiger partial charge in [-0.2, -0.15) is 26.3 Å². The van der Waals surface area contributed by atoms with E-state index in [1.54, 1.807) is 25.1 Å². The number of methoxy groups -OCH3 is 1. The van der Waals surface area contributed by atoms with Gasteiger partial charge in [0.05, 0.1) is 54.7 Å². The maximum atomic E-state index is 13.7. The zero-order valence-corrected chi connectivity index (χ0v) is 24.4. The van der Waals surface area contributed by atoms with E-state index in [1.807, 2.05) is 4.90 Å². The van der Waals surface area contributed by atoms with E-state index in [1.165, 1.54) is 13.3 Å². The van der Waals surface area contributed by atoms with Gasteiger partial charge in [-0.05, 0) is 60.4 Å². The summed E-state index contributed by atoms with van der Waals surface area (Å²) in [5.74, 6) is -0.0628. The van der Waals surface area contributed by atoms with Crippen molar-refractivity contribution in [3.05, 3.63) is 76.4 Å². The van der Waals surface area contributed by atoms with Gasteiger partial charge in [0.25, 0.3) is 0 Å². The van der Waals surface area contributed by atoms with Crippen LogP contribution in [0.1, 0.15) is 59.5 Å². The van der Waals surface area contributed by atoms with Crippen molar-refractivity contribution < 1.29 is 45.7 Å². The number of nitrogens with two attached hydrogens (primary N) is 1. The second-order valence-electron chi connectivity index (χ2n) is 11.0. The number of halogens is 6. The third-order valence-corrected chi connectivity index (χ3v) is 8.20. The Morgan fingerprint density at radius 2 is 1.71 bits per heavy atom. The molecule has 5 rings (SSSR count). The van der Waals surface area contributed by atoms with E-state index in [0.29, 0.717) is 61.1 Å². The van der Waals surface area contributed by atoms with Crippen LogP contribution in [0.15, 0.2) is 42.6 Å². The molecular formula is C30H31F6N5O4. The second kappa shape index (κ2) is 12.0. The van der Waals surface area contributed by atoms with E-state index in [2.05, 4.69) is 4.98 Å². The van der Waals surface area contributed by atoms with E-state index >= 15 is 0 Å². The number of morpholine rings is 1. The molecule has 0 bridgehead atoms. The van der Waals surface area contributed by atoms with Crippen LogP contribution >= 0.6 is 0 Å². The van der Waals surface area contributed by atoms with E-state index in [9.17, 15) is 36.2 Å². The van der Waals surface area contributed by atoms with E-state index in [4.69, 9.17) is 20.2 Å². The van der Waals surface area contributed by atoms with Crippen molar-refractivity contribution in [3.63, 3.8) is 0 Å². The lowest BCUT2D eigenvalue weighted by molar-refractivity contribution is -0.143. The summed E-state index contributed by atoms with van der Waals surface area (Å²) in [5.41, 5.74) is 3.65. The molecule has 0 unspecified atom stereocenters. The van der Waals surface area contributed by atoms with Crippen molar-refractivity contribution in [2.45, 2.75) is 50.1 Å². The van der Waals surface area contributed by atoms with Gasteiger partial charge < -0.3 is 25.2 Å². The molecule has 3 aromatic rings. The molecule has 0 spiro atoms. The molecule has 15 heteroatoms. The molecule has 0 radical (unpaired) electrons. The molecule has 242 valence electrons. The maximum absolute atomic E-state index is 13.7. The molecule has 9 nitrogen and oxygen atoms in total. The van der Waals surface area contributed by atoms with Crippen LogP contribution in [0.5, 0.6) is 5.75 Å². The molecule has 0 aliphatic carbocycles. The van der Waals surface area contributed by atoms with Crippen LogP contribution in [-0.2, 0) is 23.5 Å². The number of hydrogen-bond acceptors (Lipinski definition) is 7. The molecule has 1 fully saturated rings. The molecule has 2 aliphatic rings. The first-order valence-electron chi connectivity index (χ1n) is 14.1. The molecule has 2 aliphatic heterocycles. The van der Waals surface area contributed by atoms with Gasteiger partial charge in [-0.25, -0.2) is 14.8 Å². The molecule has 2 atom stereocenters. The summed E-state index contributed by atoms with van der Waals surface area (Å²) >= 11 is 0. The highest BCUT2D eigenvalue weighted by atomic mass is 19.4. The van der Waals surface area contributed by atoms with Crippen molar-refractivity contribution in [1.82, 2.24) is 9.97 Å². The van der Waals surface area contributed by atoms with Crippen LogP contribution in [0, 0.1) is 0 Å². The Bertz CT molecular complexity index is 1550.